The van der Waals surface area contributed by atoms with Crippen LogP contribution in [0.3, 0.4) is 0 Å². The maximum atomic E-state index is 15.2. The molecule has 86 heavy (non-hydrogen) atoms. The molecule has 6 atom stereocenters. The number of aryl methyl sites for hydroxylation is 2. The van der Waals surface area contributed by atoms with Crippen molar-refractivity contribution in [2.75, 3.05) is 39.3 Å². The lowest BCUT2D eigenvalue weighted by molar-refractivity contribution is -0.368. The first-order chi connectivity index (χ1) is 41.8. The van der Waals surface area contributed by atoms with E-state index in [4.69, 9.17) is 4.98 Å². The van der Waals surface area contributed by atoms with Crippen LogP contribution in [0.5, 0.6) is 0 Å². The zero-order valence-corrected chi connectivity index (χ0v) is 49.4. The van der Waals surface area contributed by atoms with E-state index in [1.165, 1.54) is 9.80 Å². The Morgan fingerprint density at radius 1 is 0.547 bits per heavy atom. The van der Waals surface area contributed by atoms with Crippen LogP contribution in [-0.2, 0) is 54.5 Å². The number of hydrogen-bond acceptors (Lipinski definition) is 10. The summed E-state index contributed by atoms with van der Waals surface area (Å²) in [6.45, 7) is 6.18. The summed E-state index contributed by atoms with van der Waals surface area (Å²) in [5.74, 6) is -3.89. The minimum Gasteiger partial charge on any atom is -0.358 e. The summed E-state index contributed by atoms with van der Waals surface area (Å²) in [5.41, 5.74) is 11.7. The van der Waals surface area contributed by atoms with Gasteiger partial charge in [-0.05, 0) is 104 Å². The summed E-state index contributed by atoms with van der Waals surface area (Å²) in [7, 11) is 0. The largest absolute Gasteiger partial charge is 0.358 e. The highest BCUT2D eigenvalue weighted by molar-refractivity contribution is 6.04. The molecular formula is C66H82N12O8+2. The number of carbonyl (C=O) groups is 8. The van der Waals surface area contributed by atoms with Crippen molar-refractivity contribution in [3.63, 3.8) is 0 Å². The molecule has 0 saturated carbocycles. The Balaban J connectivity index is 1.07. The normalized spacial score (nSPS) is 16.3. The molecule has 8 amide bonds. The first-order valence-electron chi connectivity index (χ1n) is 30.3. The van der Waals surface area contributed by atoms with Gasteiger partial charge in [0.2, 0.25) is 35.4 Å². The Kier molecular flexibility index (Phi) is 23.0. The van der Waals surface area contributed by atoms with E-state index >= 15 is 4.79 Å². The average Bonchev–Trinajstić information content (AvgIpc) is 1.66. The first-order valence-corrected chi connectivity index (χ1v) is 30.3. The van der Waals surface area contributed by atoms with Gasteiger partial charge in [-0.15, -0.1) is 0 Å². The van der Waals surface area contributed by atoms with E-state index in [0.717, 1.165) is 27.3 Å². The molecule has 20 nitrogen and oxygen atoms in total. The van der Waals surface area contributed by atoms with Crippen LogP contribution in [0, 0.1) is 0 Å². The van der Waals surface area contributed by atoms with Gasteiger partial charge in [0.05, 0.1) is 41.1 Å². The molecule has 452 valence electrons. The van der Waals surface area contributed by atoms with Crippen LogP contribution in [0.25, 0.3) is 21.7 Å². The molecule has 2 aromatic heterocycles. The third-order valence-electron chi connectivity index (χ3n) is 15.9. The number of rotatable bonds is 28. The van der Waals surface area contributed by atoms with Crippen LogP contribution in [0.2, 0.25) is 0 Å². The number of carbonyl (C=O) groups excluding carboxylic acids is 8. The minimum atomic E-state index is -1.24. The summed E-state index contributed by atoms with van der Waals surface area (Å²) in [5, 5.41) is 20.4. The second-order valence-corrected chi connectivity index (χ2v) is 22.0. The van der Waals surface area contributed by atoms with Gasteiger partial charge in [-0.25, -0.2) is 0 Å². The van der Waals surface area contributed by atoms with Crippen LogP contribution in [0.1, 0.15) is 108 Å². The molecule has 12 N–H and O–H groups in total. The number of nitrogens with zero attached hydrogens (tertiary/aromatic N) is 4. The molecule has 0 spiro atoms. The average molecular weight is 1170 g/mol. The monoisotopic (exact) mass is 1170 g/mol. The van der Waals surface area contributed by atoms with Gasteiger partial charge in [-0.1, -0.05) is 111 Å². The van der Waals surface area contributed by atoms with Gasteiger partial charge in [0.1, 0.15) is 36.3 Å². The van der Waals surface area contributed by atoms with Crippen molar-refractivity contribution in [1.82, 2.24) is 51.7 Å². The predicted octanol–water partition coefficient (Wildman–Crippen LogP) is 3.07. The highest BCUT2D eigenvalue weighted by Crippen LogP contribution is 2.26. The lowest BCUT2D eigenvalue weighted by Gasteiger charge is -2.30. The number of hydrogen-bond donors (Lipinski definition) is 8. The third-order valence-corrected chi connectivity index (χ3v) is 15.9. The highest BCUT2D eigenvalue weighted by atomic mass is 16.2. The van der Waals surface area contributed by atoms with E-state index in [-0.39, 0.29) is 61.7 Å². The van der Waals surface area contributed by atoms with Crippen molar-refractivity contribution in [2.45, 2.75) is 127 Å². The van der Waals surface area contributed by atoms with Crippen molar-refractivity contribution in [2.24, 2.45) is 0 Å². The number of nitrogens with one attached hydrogen (secondary N) is 6. The highest BCUT2D eigenvalue weighted by Gasteiger charge is 2.41. The number of fused-ring (bicyclic) bond motifs is 2. The van der Waals surface area contributed by atoms with Crippen molar-refractivity contribution in [3.05, 3.63) is 167 Å². The Hall–Kier alpha value is -8.88. The smallest absolute Gasteiger partial charge is 0.253 e. The first kappa shape index (κ1) is 63.1. The summed E-state index contributed by atoms with van der Waals surface area (Å²) >= 11 is 0. The Morgan fingerprint density at radius 2 is 1.02 bits per heavy atom. The van der Waals surface area contributed by atoms with E-state index in [1.54, 1.807) is 36.5 Å². The van der Waals surface area contributed by atoms with Crippen LogP contribution in [-0.4, -0.2) is 143 Å². The van der Waals surface area contributed by atoms with E-state index in [0.29, 0.717) is 94.5 Å². The Labute approximate surface area is 502 Å². The maximum absolute atomic E-state index is 15.2. The molecule has 1 unspecified atom stereocenters. The second kappa shape index (κ2) is 31.3. The summed E-state index contributed by atoms with van der Waals surface area (Å²) in [4.78, 5) is 127. The molecule has 2 aliphatic rings. The van der Waals surface area contributed by atoms with Gasteiger partial charge in [0, 0.05) is 63.4 Å². The van der Waals surface area contributed by atoms with Crippen molar-refractivity contribution >= 4 is 68.9 Å². The SMILES string of the molecule is CCc1ncccc1C(=O)NC(C/C=C/C[C@H](NC(=O)c1cc2cc3ccccc3cc2nc1CC)C(=O)N1CCC[C@H]1C(=O)N[C@@H](Cc1ccccc1)C(=O)NCCC[NH3+])C(=O)N1CCC[C@H]1C(=O)N[C@@H](Cc1ccccc1)C(=O)NCCC[NH3+]. The van der Waals surface area contributed by atoms with Crippen molar-refractivity contribution < 1.29 is 49.8 Å². The van der Waals surface area contributed by atoms with Gasteiger partial charge in [-0.2, -0.15) is 0 Å². The summed E-state index contributed by atoms with van der Waals surface area (Å²) in [6, 6.07) is 29.3. The fourth-order valence-electron chi connectivity index (χ4n) is 11.3. The zero-order valence-electron chi connectivity index (χ0n) is 49.4. The Morgan fingerprint density at radius 3 is 1.51 bits per heavy atom. The molecule has 20 heteroatoms. The zero-order chi connectivity index (χ0) is 61.0. The molecule has 0 bridgehead atoms. The summed E-state index contributed by atoms with van der Waals surface area (Å²) in [6.07, 6.45) is 8.91. The van der Waals surface area contributed by atoms with Gasteiger partial charge < -0.3 is 53.2 Å². The fourth-order valence-corrected chi connectivity index (χ4v) is 11.3. The molecule has 4 heterocycles. The van der Waals surface area contributed by atoms with Gasteiger partial charge >= 0.3 is 0 Å². The maximum Gasteiger partial charge on any atom is 0.253 e. The van der Waals surface area contributed by atoms with Gasteiger partial charge in [0.25, 0.3) is 11.8 Å². The molecule has 0 radical (unpaired) electrons. The van der Waals surface area contributed by atoms with E-state index < -0.39 is 71.7 Å². The lowest BCUT2D eigenvalue weighted by Crippen LogP contribution is -2.57. The third kappa shape index (κ3) is 16.5. The number of benzene rings is 4. The number of likely N-dealkylation sites (tertiary alicyclic amines) is 2. The van der Waals surface area contributed by atoms with Crippen LogP contribution >= 0.6 is 0 Å². The minimum absolute atomic E-state index is 0.0891. The molecule has 4 aromatic carbocycles. The molecule has 6 aromatic rings. The second-order valence-electron chi connectivity index (χ2n) is 22.0. The molecule has 2 fully saturated rings. The molecule has 0 aliphatic carbocycles. The molecular weight excluding hydrogens is 1090 g/mol. The van der Waals surface area contributed by atoms with Crippen LogP contribution in [0.4, 0.5) is 0 Å². The number of pyridine rings is 2. The molecule has 2 saturated heterocycles. The number of amides is 8. The van der Waals surface area contributed by atoms with Crippen molar-refractivity contribution in [1.29, 1.82) is 0 Å². The lowest BCUT2D eigenvalue weighted by atomic mass is 10.0. The molecule has 2 aliphatic heterocycles. The van der Waals surface area contributed by atoms with Crippen LogP contribution in [0.15, 0.2) is 134 Å². The van der Waals surface area contributed by atoms with Gasteiger partial charge in [0.15, 0.2) is 0 Å². The summed E-state index contributed by atoms with van der Waals surface area (Å²) < 4.78 is 0. The fraction of sp³-hybridized carbons (Fsp3) is 0.394. The Bertz CT molecular complexity index is 3380. The van der Waals surface area contributed by atoms with Gasteiger partial charge in [-0.3, -0.25) is 48.3 Å². The topological polar surface area (TPSA) is 296 Å². The standard InChI is InChI=1S/C66H80N12O8/c1-3-50-48(26-15-33-69-50)59(79)73-52(65(85)77-36-16-29-57(77)63(83)75-55(61(81)70-34-18-31-67)38-43-20-7-5-8-21-43)27-13-14-28-53(74-60(80)49-41-47-40-45-24-11-12-25-46(45)42-54(47)72-51(49)4-2)66(86)78-37-17-30-58(78)64(84)76-56(62(82)71-35-19-32-68)39-44-22-9-6-10-23-44/h5-15,20-26,33,40-42,52-53,55-58H,3-4,16-19,27-32,34-39,67-68H2,1-2H3,(H,70,81)(H,71,82)(H,73,79)(H,74,80)(H,75,83)(H,76,84)/p+2/b14-13+/t52?,53-,55-,56-,57-,58-/m0/s1. The van der Waals surface area contributed by atoms with Crippen molar-refractivity contribution in [3.8, 4) is 0 Å². The van der Waals surface area contributed by atoms with Crippen LogP contribution < -0.4 is 43.4 Å². The molecule has 8 rings (SSSR count). The number of quaternary nitrogens is 2. The van der Waals surface area contributed by atoms with E-state index in [2.05, 4.69) is 48.4 Å². The quantitative estimate of drug-likeness (QED) is 0.0202. The number of aromatic nitrogens is 2. The van der Waals surface area contributed by atoms with E-state index in [9.17, 15) is 33.6 Å². The predicted molar refractivity (Wildman–Crippen MR) is 328 cm³/mol. The van der Waals surface area contributed by atoms with E-state index in [1.807, 2.05) is 111 Å².